The van der Waals surface area contributed by atoms with Gasteiger partial charge >= 0.3 is 0 Å². The van der Waals surface area contributed by atoms with Crippen LogP contribution in [0.3, 0.4) is 0 Å². The van der Waals surface area contributed by atoms with E-state index >= 15 is 0 Å². The van der Waals surface area contributed by atoms with Gasteiger partial charge in [-0.15, -0.1) is 0 Å². The van der Waals surface area contributed by atoms with Crippen LogP contribution in [0.1, 0.15) is 10.4 Å². The molecule has 0 bridgehead atoms. The van der Waals surface area contributed by atoms with Crippen LogP contribution in [-0.2, 0) is 0 Å². The van der Waals surface area contributed by atoms with Crippen LogP contribution in [0.4, 0.5) is 4.39 Å². The lowest BCUT2D eigenvalue weighted by Gasteiger charge is -2.07. The fourth-order valence-electron chi connectivity index (χ4n) is 2.81. The molecule has 0 N–H and O–H groups in total. The molecule has 4 aromatic rings. The number of methoxy groups -OCH3 is 1. The summed E-state index contributed by atoms with van der Waals surface area (Å²) < 4.78 is 29.3. The van der Waals surface area contributed by atoms with Gasteiger partial charge in [-0.2, -0.15) is 4.98 Å². The van der Waals surface area contributed by atoms with Crippen molar-refractivity contribution in [2.45, 2.75) is 0 Å². The summed E-state index contributed by atoms with van der Waals surface area (Å²) in [5.41, 5.74) is 1.72. The van der Waals surface area contributed by atoms with E-state index in [2.05, 4.69) is 10.1 Å². The number of ether oxygens (including phenoxy) is 2. The average molecular weight is 404 g/mol. The molecule has 0 amide bonds. The van der Waals surface area contributed by atoms with Crippen LogP contribution in [0, 0.1) is 5.82 Å². The number of hydrogen-bond donors (Lipinski definition) is 0. The molecule has 0 aliphatic carbocycles. The lowest BCUT2D eigenvalue weighted by molar-refractivity contribution is 0.0921. The Kier molecular flexibility index (Phi) is 5.52. The lowest BCUT2D eigenvalue weighted by Crippen LogP contribution is -2.11. The number of ketones is 1. The third-order valence-corrected chi connectivity index (χ3v) is 4.37. The molecule has 30 heavy (non-hydrogen) atoms. The van der Waals surface area contributed by atoms with Crippen molar-refractivity contribution in [2.24, 2.45) is 0 Å². The molecular formula is C23H17FN2O4. The van der Waals surface area contributed by atoms with E-state index in [9.17, 15) is 9.18 Å². The highest BCUT2D eigenvalue weighted by Crippen LogP contribution is 2.24. The van der Waals surface area contributed by atoms with Crippen LogP contribution in [0.15, 0.2) is 77.3 Å². The Hall–Kier alpha value is -4.00. The molecule has 1 heterocycles. The first kappa shape index (κ1) is 19.3. The van der Waals surface area contributed by atoms with Gasteiger partial charge in [-0.1, -0.05) is 23.4 Å². The minimum absolute atomic E-state index is 0.0988. The number of Topliss-reactive ketones (excluding diaryl/α,β-unsaturated/α-hetero) is 1. The fraction of sp³-hybridized carbons (Fsp3) is 0.0870. The van der Waals surface area contributed by atoms with E-state index in [4.69, 9.17) is 14.0 Å². The summed E-state index contributed by atoms with van der Waals surface area (Å²) in [7, 11) is 1.55. The maximum absolute atomic E-state index is 13.4. The predicted octanol–water partition coefficient (Wildman–Crippen LogP) is 4.81. The van der Waals surface area contributed by atoms with Crippen molar-refractivity contribution in [3.63, 3.8) is 0 Å². The van der Waals surface area contributed by atoms with E-state index in [0.717, 1.165) is 0 Å². The zero-order valence-electron chi connectivity index (χ0n) is 16.0. The first-order chi connectivity index (χ1) is 14.6. The van der Waals surface area contributed by atoms with Gasteiger partial charge in [0, 0.05) is 16.7 Å². The summed E-state index contributed by atoms with van der Waals surface area (Å²) in [6.45, 7) is -0.0988. The van der Waals surface area contributed by atoms with Gasteiger partial charge in [-0.05, 0) is 54.6 Å². The van der Waals surface area contributed by atoms with Gasteiger partial charge in [-0.25, -0.2) is 4.39 Å². The van der Waals surface area contributed by atoms with Crippen molar-refractivity contribution < 1.29 is 23.2 Å². The predicted molar refractivity (Wildman–Crippen MR) is 108 cm³/mol. The molecule has 0 saturated heterocycles. The molecule has 0 aliphatic rings. The molecule has 150 valence electrons. The van der Waals surface area contributed by atoms with Crippen LogP contribution in [-0.4, -0.2) is 29.6 Å². The number of benzene rings is 3. The number of rotatable bonds is 7. The summed E-state index contributed by atoms with van der Waals surface area (Å²) in [4.78, 5) is 16.6. The minimum Gasteiger partial charge on any atom is -0.497 e. The molecule has 0 unspecified atom stereocenters. The minimum atomic E-state index is -0.378. The summed E-state index contributed by atoms with van der Waals surface area (Å²) in [6, 6.07) is 19.8. The molecule has 0 aliphatic heterocycles. The monoisotopic (exact) mass is 404 g/mol. The Morgan fingerprint density at radius 1 is 0.967 bits per heavy atom. The average Bonchev–Trinajstić information content (AvgIpc) is 3.28. The summed E-state index contributed by atoms with van der Waals surface area (Å²) in [5.74, 6) is 1.21. The lowest BCUT2D eigenvalue weighted by atomic mass is 10.1. The van der Waals surface area contributed by atoms with Crippen molar-refractivity contribution in [1.82, 2.24) is 10.1 Å². The highest BCUT2D eigenvalue weighted by Gasteiger charge is 2.12. The second-order valence-corrected chi connectivity index (χ2v) is 6.40. The Bertz CT molecular complexity index is 1170. The van der Waals surface area contributed by atoms with E-state index in [-0.39, 0.29) is 24.1 Å². The first-order valence-electron chi connectivity index (χ1n) is 9.12. The molecule has 3 aromatic carbocycles. The zero-order valence-corrected chi connectivity index (χ0v) is 16.0. The van der Waals surface area contributed by atoms with Crippen molar-refractivity contribution in [1.29, 1.82) is 0 Å². The van der Waals surface area contributed by atoms with Crippen LogP contribution in [0.2, 0.25) is 0 Å². The number of carbonyl (C=O) groups is 1. The van der Waals surface area contributed by atoms with Gasteiger partial charge < -0.3 is 14.0 Å². The Morgan fingerprint density at radius 2 is 1.77 bits per heavy atom. The van der Waals surface area contributed by atoms with Gasteiger partial charge in [-0.3, -0.25) is 4.79 Å². The van der Waals surface area contributed by atoms with Crippen LogP contribution < -0.4 is 9.47 Å². The maximum atomic E-state index is 13.4. The molecule has 0 spiro atoms. The van der Waals surface area contributed by atoms with Gasteiger partial charge in [0.05, 0.1) is 7.11 Å². The third kappa shape index (κ3) is 4.35. The van der Waals surface area contributed by atoms with Gasteiger partial charge in [0.15, 0.2) is 12.4 Å². The van der Waals surface area contributed by atoms with E-state index < -0.39 is 0 Å². The highest BCUT2D eigenvalue weighted by molar-refractivity contribution is 5.97. The van der Waals surface area contributed by atoms with Crippen LogP contribution >= 0.6 is 0 Å². The van der Waals surface area contributed by atoms with Crippen molar-refractivity contribution in [3.8, 4) is 34.3 Å². The summed E-state index contributed by atoms with van der Waals surface area (Å²) >= 11 is 0. The van der Waals surface area contributed by atoms with Crippen LogP contribution in [0.25, 0.3) is 22.8 Å². The van der Waals surface area contributed by atoms with Gasteiger partial charge in [0.1, 0.15) is 17.3 Å². The van der Waals surface area contributed by atoms with Crippen molar-refractivity contribution >= 4 is 5.78 Å². The smallest absolute Gasteiger partial charge is 0.258 e. The number of aromatic nitrogens is 2. The molecule has 0 radical (unpaired) electrons. The quantitative estimate of drug-likeness (QED) is 0.412. The Balaban J connectivity index is 1.41. The molecule has 0 atom stereocenters. The largest absolute Gasteiger partial charge is 0.497 e. The van der Waals surface area contributed by atoms with Crippen LogP contribution in [0.5, 0.6) is 11.5 Å². The zero-order chi connectivity index (χ0) is 20.9. The van der Waals surface area contributed by atoms with E-state index in [1.807, 2.05) is 0 Å². The molecule has 4 rings (SSSR count). The standard InChI is InChI=1S/C23H17FN2O4/c1-28-20-7-3-4-16(13-20)21(27)14-29-19-10-8-15(9-11-19)22-25-23(30-26-22)17-5-2-6-18(24)12-17/h2-13H,14H2,1H3. The fourth-order valence-corrected chi connectivity index (χ4v) is 2.81. The Labute approximate surface area is 171 Å². The Morgan fingerprint density at radius 3 is 2.53 bits per heavy atom. The van der Waals surface area contributed by atoms with E-state index in [0.29, 0.717) is 34.0 Å². The first-order valence-corrected chi connectivity index (χ1v) is 9.12. The summed E-state index contributed by atoms with van der Waals surface area (Å²) in [6.07, 6.45) is 0. The molecule has 1 aromatic heterocycles. The van der Waals surface area contributed by atoms with Gasteiger partial charge in [0.2, 0.25) is 5.82 Å². The highest BCUT2D eigenvalue weighted by atomic mass is 19.1. The number of hydrogen-bond acceptors (Lipinski definition) is 6. The SMILES string of the molecule is COc1cccc(C(=O)COc2ccc(-c3noc(-c4cccc(F)c4)n3)cc2)c1. The maximum Gasteiger partial charge on any atom is 0.258 e. The second-order valence-electron chi connectivity index (χ2n) is 6.40. The second kappa shape index (κ2) is 8.57. The normalized spacial score (nSPS) is 10.6. The molecule has 0 fully saturated rings. The molecule has 6 nitrogen and oxygen atoms in total. The molecular weight excluding hydrogens is 387 g/mol. The third-order valence-electron chi connectivity index (χ3n) is 4.37. The topological polar surface area (TPSA) is 74.5 Å². The molecule has 7 heteroatoms. The van der Waals surface area contributed by atoms with Gasteiger partial charge in [0.25, 0.3) is 5.89 Å². The van der Waals surface area contributed by atoms with Crippen molar-refractivity contribution in [3.05, 3.63) is 84.2 Å². The molecule has 0 saturated carbocycles. The number of carbonyl (C=O) groups excluding carboxylic acids is 1. The summed E-state index contributed by atoms with van der Waals surface area (Å²) in [5, 5.41) is 3.94. The number of nitrogens with zero attached hydrogens (tertiary/aromatic N) is 2. The van der Waals surface area contributed by atoms with E-state index in [1.165, 1.54) is 12.1 Å². The van der Waals surface area contributed by atoms with Crippen molar-refractivity contribution in [2.75, 3.05) is 13.7 Å². The number of halogens is 1. The van der Waals surface area contributed by atoms with E-state index in [1.54, 1.807) is 67.8 Å².